The Morgan fingerprint density at radius 2 is 2.00 bits per heavy atom. The van der Waals surface area contributed by atoms with E-state index >= 15 is 0 Å². The summed E-state index contributed by atoms with van der Waals surface area (Å²) >= 11 is 0. The predicted octanol–water partition coefficient (Wildman–Crippen LogP) is 3.87. The van der Waals surface area contributed by atoms with Gasteiger partial charge in [0.1, 0.15) is 11.6 Å². The Morgan fingerprint density at radius 1 is 1.17 bits per heavy atom. The fourth-order valence-electron chi connectivity index (χ4n) is 2.84. The average Bonchev–Trinajstić information content (AvgIpc) is 3.21. The normalized spacial score (nSPS) is 10.8. The van der Waals surface area contributed by atoms with Gasteiger partial charge in [0.05, 0.1) is 12.7 Å². The number of methoxy groups -OCH3 is 1. The van der Waals surface area contributed by atoms with E-state index in [1.807, 2.05) is 0 Å². The van der Waals surface area contributed by atoms with Gasteiger partial charge in [-0.05, 0) is 49.2 Å². The molecule has 0 aliphatic heterocycles. The molecule has 0 atom stereocenters. The number of aromatic nitrogens is 2. The van der Waals surface area contributed by atoms with E-state index in [0.717, 1.165) is 31.0 Å². The number of aromatic hydroxyl groups is 1. The third-order valence-corrected chi connectivity index (χ3v) is 4.43. The molecule has 3 aromatic rings. The molecule has 0 radical (unpaired) electrons. The highest BCUT2D eigenvalue weighted by molar-refractivity contribution is 5.94. The minimum Gasteiger partial charge on any atom is -0.504 e. The molecule has 1 heterocycles. The van der Waals surface area contributed by atoms with Crippen molar-refractivity contribution in [3.05, 3.63) is 59.5 Å². The van der Waals surface area contributed by atoms with E-state index in [0.29, 0.717) is 42.4 Å². The maximum absolute atomic E-state index is 13.6. The summed E-state index contributed by atoms with van der Waals surface area (Å²) in [5.41, 5.74) is 0.353. The molecular formula is C21H21F2N3O4. The zero-order valence-electron chi connectivity index (χ0n) is 16.3. The number of ether oxygens (including phenoxy) is 1. The lowest BCUT2D eigenvalue weighted by atomic mass is 10.1. The van der Waals surface area contributed by atoms with Crippen LogP contribution in [0.5, 0.6) is 11.5 Å². The number of phenolic OH excluding ortho intramolecular Hbond substituents is 1. The number of nitrogens with zero attached hydrogens (tertiary/aromatic N) is 2. The molecule has 0 saturated heterocycles. The lowest BCUT2D eigenvalue weighted by Gasteiger charge is -2.06. The van der Waals surface area contributed by atoms with Crippen molar-refractivity contribution in [3.8, 4) is 22.9 Å². The highest BCUT2D eigenvalue weighted by atomic mass is 19.1. The predicted molar refractivity (Wildman–Crippen MR) is 104 cm³/mol. The van der Waals surface area contributed by atoms with E-state index in [-0.39, 0.29) is 11.3 Å². The van der Waals surface area contributed by atoms with Gasteiger partial charge in [-0.1, -0.05) is 11.6 Å². The monoisotopic (exact) mass is 417 g/mol. The van der Waals surface area contributed by atoms with Crippen molar-refractivity contribution >= 4 is 5.91 Å². The molecule has 1 aromatic heterocycles. The van der Waals surface area contributed by atoms with Crippen LogP contribution in [0.2, 0.25) is 0 Å². The van der Waals surface area contributed by atoms with Gasteiger partial charge in [-0.15, -0.1) is 0 Å². The molecule has 0 aliphatic carbocycles. The Kier molecular flexibility index (Phi) is 6.95. The molecule has 2 N–H and O–H groups in total. The lowest BCUT2D eigenvalue weighted by Crippen LogP contribution is -2.25. The van der Waals surface area contributed by atoms with Crippen LogP contribution in [0.15, 0.2) is 40.9 Å². The topological polar surface area (TPSA) is 97.5 Å². The number of carbonyl (C=O) groups excluding carboxylic acids is 1. The quantitative estimate of drug-likeness (QED) is 0.513. The Morgan fingerprint density at radius 3 is 2.80 bits per heavy atom. The molecule has 0 unspecified atom stereocenters. The summed E-state index contributed by atoms with van der Waals surface area (Å²) < 4.78 is 37.0. The number of halogens is 2. The van der Waals surface area contributed by atoms with Crippen molar-refractivity contribution in [3.63, 3.8) is 0 Å². The Labute approximate surface area is 171 Å². The minimum absolute atomic E-state index is 0.0252. The van der Waals surface area contributed by atoms with Gasteiger partial charge < -0.3 is 19.7 Å². The summed E-state index contributed by atoms with van der Waals surface area (Å²) in [5, 5.41) is 16.2. The molecule has 30 heavy (non-hydrogen) atoms. The van der Waals surface area contributed by atoms with Crippen LogP contribution in [0.3, 0.4) is 0 Å². The third-order valence-electron chi connectivity index (χ3n) is 4.43. The number of carbonyl (C=O) groups is 1. The second-order valence-electron chi connectivity index (χ2n) is 6.59. The first-order valence-electron chi connectivity index (χ1n) is 9.41. The summed E-state index contributed by atoms with van der Waals surface area (Å²) in [4.78, 5) is 16.2. The van der Waals surface area contributed by atoms with E-state index < -0.39 is 17.5 Å². The van der Waals surface area contributed by atoms with E-state index in [9.17, 15) is 18.7 Å². The summed E-state index contributed by atoms with van der Waals surface area (Å²) in [5.74, 6) is -0.844. The molecule has 0 spiro atoms. The molecule has 0 fully saturated rings. The van der Waals surface area contributed by atoms with E-state index in [1.54, 1.807) is 12.1 Å². The maximum Gasteiger partial charge on any atom is 0.254 e. The van der Waals surface area contributed by atoms with Crippen molar-refractivity contribution in [1.82, 2.24) is 15.5 Å². The van der Waals surface area contributed by atoms with Crippen LogP contribution in [-0.4, -0.2) is 34.8 Å². The smallest absolute Gasteiger partial charge is 0.254 e. The number of nitrogens with one attached hydrogen (secondary N) is 1. The molecular weight excluding hydrogens is 396 g/mol. The molecule has 0 saturated carbocycles. The molecule has 7 nitrogen and oxygen atoms in total. The van der Waals surface area contributed by atoms with E-state index in [1.165, 1.54) is 13.2 Å². The molecule has 1 amide bonds. The van der Waals surface area contributed by atoms with Crippen LogP contribution < -0.4 is 10.1 Å². The number of benzene rings is 2. The van der Waals surface area contributed by atoms with Gasteiger partial charge in [0.2, 0.25) is 11.7 Å². The summed E-state index contributed by atoms with van der Waals surface area (Å²) in [6.45, 7) is 0.344. The van der Waals surface area contributed by atoms with Gasteiger partial charge in [-0.3, -0.25) is 4.79 Å². The maximum atomic E-state index is 13.6. The van der Waals surface area contributed by atoms with Crippen LogP contribution in [0, 0.1) is 11.6 Å². The number of unbranched alkanes of at least 4 members (excludes halogenated alkanes) is 2. The number of aryl methyl sites for hydroxylation is 1. The fraction of sp³-hybridized carbons (Fsp3) is 0.286. The molecule has 9 heteroatoms. The fourth-order valence-corrected chi connectivity index (χ4v) is 2.84. The van der Waals surface area contributed by atoms with Crippen LogP contribution in [0.4, 0.5) is 8.78 Å². The first kappa shape index (κ1) is 21.2. The number of hydrogen-bond donors (Lipinski definition) is 2. The number of amides is 1. The van der Waals surface area contributed by atoms with Crippen LogP contribution >= 0.6 is 0 Å². The van der Waals surface area contributed by atoms with Crippen molar-refractivity contribution < 1.29 is 27.9 Å². The largest absolute Gasteiger partial charge is 0.504 e. The summed E-state index contributed by atoms with van der Waals surface area (Å²) in [6, 6.07) is 7.55. The number of phenols is 1. The van der Waals surface area contributed by atoms with Crippen molar-refractivity contribution in [2.24, 2.45) is 0 Å². The minimum atomic E-state index is -0.757. The van der Waals surface area contributed by atoms with Gasteiger partial charge in [0.15, 0.2) is 11.5 Å². The Hall–Kier alpha value is -3.49. The second-order valence-corrected chi connectivity index (χ2v) is 6.59. The summed E-state index contributed by atoms with van der Waals surface area (Å²) in [7, 11) is 1.46. The van der Waals surface area contributed by atoms with Gasteiger partial charge >= 0.3 is 0 Å². The number of rotatable bonds is 9. The van der Waals surface area contributed by atoms with Crippen molar-refractivity contribution in [2.45, 2.75) is 25.7 Å². The van der Waals surface area contributed by atoms with Gasteiger partial charge in [0, 0.05) is 18.5 Å². The lowest BCUT2D eigenvalue weighted by molar-refractivity contribution is 0.0948. The molecule has 0 bridgehead atoms. The standard InChI is InChI=1S/C21H21F2N3O4/c1-29-18-11-13(6-9-17(18)27)20-25-19(30-26-20)5-3-2-4-10-24-21(28)15-12-14(22)7-8-16(15)23/h6-9,11-12,27H,2-5,10H2,1H3,(H,24,28). The second kappa shape index (κ2) is 9.82. The van der Waals surface area contributed by atoms with E-state index in [4.69, 9.17) is 9.26 Å². The van der Waals surface area contributed by atoms with Crippen LogP contribution in [0.1, 0.15) is 35.5 Å². The van der Waals surface area contributed by atoms with Gasteiger partial charge in [-0.25, -0.2) is 8.78 Å². The van der Waals surface area contributed by atoms with Crippen LogP contribution in [0.25, 0.3) is 11.4 Å². The first-order chi connectivity index (χ1) is 14.5. The molecule has 3 rings (SSSR count). The highest BCUT2D eigenvalue weighted by Gasteiger charge is 2.13. The Balaban J connectivity index is 1.41. The zero-order chi connectivity index (χ0) is 21.5. The highest BCUT2D eigenvalue weighted by Crippen LogP contribution is 2.30. The van der Waals surface area contributed by atoms with Crippen molar-refractivity contribution in [2.75, 3.05) is 13.7 Å². The average molecular weight is 417 g/mol. The van der Waals surface area contributed by atoms with Gasteiger partial charge in [0.25, 0.3) is 5.91 Å². The first-order valence-corrected chi connectivity index (χ1v) is 9.41. The van der Waals surface area contributed by atoms with Crippen LogP contribution in [-0.2, 0) is 6.42 Å². The van der Waals surface area contributed by atoms with E-state index in [2.05, 4.69) is 15.5 Å². The number of hydrogen-bond acceptors (Lipinski definition) is 6. The van der Waals surface area contributed by atoms with Crippen molar-refractivity contribution in [1.29, 1.82) is 0 Å². The molecule has 0 aliphatic rings. The van der Waals surface area contributed by atoms with Gasteiger partial charge in [-0.2, -0.15) is 4.98 Å². The zero-order valence-corrected chi connectivity index (χ0v) is 16.3. The molecule has 158 valence electrons. The summed E-state index contributed by atoms with van der Waals surface area (Å²) in [6.07, 6.45) is 2.76. The Bertz CT molecular complexity index is 1020. The third kappa shape index (κ3) is 5.31. The SMILES string of the molecule is COc1cc(-c2noc(CCCCCNC(=O)c3cc(F)ccc3F)n2)ccc1O. The molecule has 2 aromatic carbocycles.